The maximum atomic E-state index is 12.1. The lowest BCUT2D eigenvalue weighted by molar-refractivity contribution is 0.250. The van der Waals surface area contributed by atoms with Gasteiger partial charge in [0.1, 0.15) is 0 Å². The number of hydrogen-bond acceptors (Lipinski definition) is 4. The number of likely N-dealkylation sites (tertiary alicyclic amines) is 1. The summed E-state index contributed by atoms with van der Waals surface area (Å²) < 4.78 is 25.7. The van der Waals surface area contributed by atoms with E-state index in [0.29, 0.717) is 19.1 Å². The number of benzene rings is 1. The van der Waals surface area contributed by atoms with Gasteiger partial charge in [-0.15, -0.1) is 0 Å². The van der Waals surface area contributed by atoms with Crippen LogP contribution >= 0.6 is 0 Å². The molecule has 1 unspecified atom stereocenters. The van der Waals surface area contributed by atoms with Crippen molar-refractivity contribution in [1.82, 2.24) is 19.8 Å². The molecule has 0 aliphatic carbocycles. The van der Waals surface area contributed by atoms with E-state index in [-0.39, 0.29) is 11.8 Å². The first kappa shape index (κ1) is 23.0. The molecular weight excluding hydrogens is 398 g/mol. The summed E-state index contributed by atoms with van der Waals surface area (Å²) in [6.07, 6.45) is 4.03. The average Bonchev–Trinajstić information content (AvgIpc) is 3.20. The predicted molar refractivity (Wildman–Crippen MR) is 123 cm³/mol. The van der Waals surface area contributed by atoms with E-state index in [2.05, 4.69) is 52.8 Å². The highest BCUT2D eigenvalue weighted by Gasteiger charge is 2.27. The summed E-state index contributed by atoms with van der Waals surface area (Å²) in [6.45, 7) is 8.66. The topological polar surface area (TPSA) is 77.0 Å². The minimum Gasteiger partial charge on any atom is -0.357 e. The van der Waals surface area contributed by atoms with E-state index < -0.39 is 10.0 Å². The van der Waals surface area contributed by atoms with Gasteiger partial charge in [0.15, 0.2) is 5.96 Å². The summed E-state index contributed by atoms with van der Waals surface area (Å²) in [4.78, 5) is 7.42. The van der Waals surface area contributed by atoms with E-state index in [1.165, 1.54) is 18.4 Å². The van der Waals surface area contributed by atoms with Gasteiger partial charge in [-0.3, -0.25) is 9.89 Å². The summed E-state index contributed by atoms with van der Waals surface area (Å²) in [7, 11) is -3.08. The first-order valence-corrected chi connectivity index (χ1v) is 12.9. The SMILES string of the molecule is CCNC(=NCC1CCCN1Cc1ccccc1)NC1CCN(S(=O)(=O)CC)CC1. The lowest BCUT2D eigenvalue weighted by Gasteiger charge is -2.32. The Bertz CT molecular complexity index is 776. The molecule has 1 aromatic carbocycles. The van der Waals surface area contributed by atoms with Crippen molar-refractivity contribution >= 4 is 16.0 Å². The molecule has 168 valence electrons. The molecule has 0 radical (unpaired) electrons. The van der Waals surface area contributed by atoms with Crippen molar-refractivity contribution < 1.29 is 8.42 Å². The first-order valence-electron chi connectivity index (χ1n) is 11.3. The third-order valence-corrected chi connectivity index (χ3v) is 7.97. The molecule has 2 saturated heterocycles. The van der Waals surface area contributed by atoms with Crippen LogP contribution in [0.5, 0.6) is 0 Å². The van der Waals surface area contributed by atoms with Crippen LogP contribution in [0.1, 0.15) is 45.1 Å². The molecule has 8 heteroatoms. The fraction of sp³-hybridized carbons (Fsp3) is 0.682. The Morgan fingerprint density at radius 2 is 1.83 bits per heavy atom. The number of nitrogens with zero attached hydrogens (tertiary/aromatic N) is 3. The quantitative estimate of drug-likeness (QED) is 0.483. The van der Waals surface area contributed by atoms with E-state index in [4.69, 9.17) is 4.99 Å². The minimum atomic E-state index is -3.08. The van der Waals surface area contributed by atoms with Gasteiger partial charge in [0, 0.05) is 38.3 Å². The number of rotatable bonds is 8. The van der Waals surface area contributed by atoms with Crippen LogP contribution in [0, 0.1) is 0 Å². The molecule has 0 amide bonds. The predicted octanol–water partition coefficient (Wildman–Crippen LogP) is 2.02. The molecule has 1 aromatic rings. The number of aliphatic imine (C=N–C) groups is 1. The van der Waals surface area contributed by atoms with Crippen LogP contribution in [0.15, 0.2) is 35.3 Å². The molecule has 0 spiro atoms. The van der Waals surface area contributed by atoms with Gasteiger partial charge in [0.25, 0.3) is 0 Å². The summed E-state index contributed by atoms with van der Waals surface area (Å²) in [5, 5.41) is 6.89. The summed E-state index contributed by atoms with van der Waals surface area (Å²) in [5.41, 5.74) is 1.35. The zero-order chi connectivity index (χ0) is 21.4. The number of sulfonamides is 1. The molecule has 30 heavy (non-hydrogen) atoms. The second-order valence-corrected chi connectivity index (χ2v) is 10.4. The van der Waals surface area contributed by atoms with Crippen LogP contribution in [-0.4, -0.2) is 74.1 Å². The molecule has 0 saturated carbocycles. The van der Waals surface area contributed by atoms with E-state index in [1.807, 2.05) is 0 Å². The highest BCUT2D eigenvalue weighted by molar-refractivity contribution is 7.89. The second-order valence-electron chi connectivity index (χ2n) is 8.19. The summed E-state index contributed by atoms with van der Waals surface area (Å²) in [6, 6.07) is 11.4. The van der Waals surface area contributed by atoms with Crippen LogP contribution in [0.2, 0.25) is 0 Å². The normalized spacial score (nSPS) is 22.3. The fourth-order valence-electron chi connectivity index (χ4n) is 4.30. The van der Waals surface area contributed by atoms with E-state index in [0.717, 1.165) is 45.0 Å². The minimum absolute atomic E-state index is 0.177. The van der Waals surface area contributed by atoms with Gasteiger partial charge in [0.2, 0.25) is 10.0 Å². The first-order chi connectivity index (χ1) is 14.5. The molecular formula is C22H37N5O2S. The van der Waals surface area contributed by atoms with Gasteiger partial charge in [-0.25, -0.2) is 12.7 Å². The molecule has 2 aliphatic heterocycles. The molecule has 2 aliphatic rings. The van der Waals surface area contributed by atoms with Gasteiger partial charge in [-0.1, -0.05) is 30.3 Å². The number of hydrogen-bond donors (Lipinski definition) is 2. The lowest BCUT2D eigenvalue weighted by atomic mass is 10.1. The Labute approximate surface area is 182 Å². The largest absolute Gasteiger partial charge is 0.357 e. The van der Waals surface area contributed by atoms with Gasteiger partial charge >= 0.3 is 0 Å². The molecule has 2 fully saturated rings. The molecule has 1 atom stereocenters. The van der Waals surface area contributed by atoms with Crippen molar-refractivity contribution in [2.24, 2.45) is 4.99 Å². The van der Waals surface area contributed by atoms with Crippen LogP contribution in [-0.2, 0) is 16.6 Å². The third-order valence-electron chi connectivity index (χ3n) is 6.08. The number of piperidine rings is 1. The van der Waals surface area contributed by atoms with E-state index >= 15 is 0 Å². The zero-order valence-electron chi connectivity index (χ0n) is 18.4. The fourth-order valence-corrected chi connectivity index (χ4v) is 5.43. The lowest BCUT2D eigenvalue weighted by Crippen LogP contribution is -2.50. The van der Waals surface area contributed by atoms with E-state index in [1.54, 1.807) is 11.2 Å². The van der Waals surface area contributed by atoms with Crippen molar-refractivity contribution in [3.8, 4) is 0 Å². The summed E-state index contributed by atoms with van der Waals surface area (Å²) in [5.74, 6) is 1.02. The molecule has 7 nitrogen and oxygen atoms in total. The number of nitrogens with one attached hydrogen (secondary N) is 2. The highest BCUT2D eigenvalue weighted by atomic mass is 32.2. The van der Waals surface area contributed by atoms with Crippen molar-refractivity contribution in [2.45, 2.75) is 58.2 Å². The monoisotopic (exact) mass is 435 g/mol. The average molecular weight is 436 g/mol. The molecule has 0 aromatic heterocycles. The Morgan fingerprint density at radius 3 is 2.50 bits per heavy atom. The van der Waals surface area contributed by atoms with Gasteiger partial charge in [0.05, 0.1) is 12.3 Å². The Morgan fingerprint density at radius 1 is 1.10 bits per heavy atom. The smallest absolute Gasteiger partial charge is 0.213 e. The van der Waals surface area contributed by atoms with Crippen molar-refractivity contribution in [3.63, 3.8) is 0 Å². The van der Waals surface area contributed by atoms with E-state index in [9.17, 15) is 8.42 Å². The van der Waals surface area contributed by atoms with Gasteiger partial charge in [-0.2, -0.15) is 0 Å². The third kappa shape index (κ3) is 6.43. The maximum absolute atomic E-state index is 12.1. The maximum Gasteiger partial charge on any atom is 0.213 e. The van der Waals surface area contributed by atoms with Crippen molar-refractivity contribution in [2.75, 3.05) is 38.5 Å². The Balaban J connectivity index is 1.53. The van der Waals surface area contributed by atoms with Crippen LogP contribution in [0.25, 0.3) is 0 Å². The Hall–Kier alpha value is -1.64. The van der Waals surface area contributed by atoms with Crippen LogP contribution in [0.4, 0.5) is 0 Å². The Kier molecular flexibility index (Phi) is 8.53. The van der Waals surface area contributed by atoms with Gasteiger partial charge in [-0.05, 0) is 51.6 Å². The highest BCUT2D eigenvalue weighted by Crippen LogP contribution is 2.20. The number of guanidine groups is 1. The van der Waals surface area contributed by atoms with Gasteiger partial charge < -0.3 is 10.6 Å². The molecule has 0 bridgehead atoms. The summed E-state index contributed by atoms with van der Waals surface area (Å²) >= 11 is 0. The standard InChI is InChI=1S/C22H37N5O2S/c1-3-23-22(25-20-12-15-27(16-13-20)30(28,29)4-2)24-17-21-11-8-14-26(21)18-19-9-6-5-7-10-19/h5-7,9-10,20-21H,3-4,8,11-18H2,1-2H3,(H2,23,24,25). The van der Waals surface area contributed by atoms with Crippen LogP contribution < -0.4 is 10.6 Å². The van der Waals surface area contributed by atoms with Crippen molar-refractivity contribution in [1.29, 1.82) is 0 Å². The van der Waals surface area contributed by atoms with Crippen LogP contribution in [0.3, 0.4) is 0 Å². The zero-order valence-corrected chi connectivity index (χ0v) is 19.2. The second kappa shape index (κ2) is 11.1. The molecule has 2 N–H and O–H groups in total. The molecule has 2 heterocycles. The van der Waals surface area contributed by atoms with Crippen molar-refractivity contribution in [3.05, 3.63) is 35.9 Å². The molecule has 3 rings (SSSR count).